The second-order valence-electron chi connectivity index (χ2n) is 17.4. The number of hydrogen-bond donors (Lipinski definition) is 0. The van der Waals surface area contributed by atoms with Crippen molar-refractivity contribution in [2.45, 2.75) is 265 Å². The molecule has 0 spiro atoms. The number of carbonyl (C=O) groups excluding carboxylic acids is 4. The predicted molar refractivity (Wildman–Crippen MR) is 239 cm³/mol. The van der Waals surface area contributed by atoms with Gasteiger partial charge in [0.2, 0.25) is 5.24 Å². The molecule has 0 aromatic rings. The maximum Gasteiger partial charge on any atom is 0.306 e. The second-order valence-corrected chi connectivity index (χ2v) is 17.9. The van der Waals surface area contributed by atoms with Crippen LogP contribution in [0.5, 0.6) is 0 Å². The number of ether oxygens (including phenoxy) is 3. The van der Waals surface area contributed by atoms with Crippen molar-refractivity contribution in [1.29, 1.82) is 0 Å². The maximum absolute atomic E-state index is 12.9. The molecule has 0 aliphatic carbocycles. The standard InChI is InChI=1S/C49H91ClO7/c1-5-7-9-11-13-15-17-19-21-23-25-27-33-37-47(52)55-41-45(57-49(54)40-44(4)36-32-30-29-31-35-43(3)39-46(50)51)42-56-48(53)38-34-28-26-24-22-20-18-16-14-12-10-8-6-2/h43-45H,5-42H2,1-4H3. The monoisotopic (exact) mass is 827 g/mol. The third-order valence-corrected chi connectivity index (χ3v) is 11.4. The summed E-state index contributed by atoms with van der Waals surface area (Å²) in [6.45, 7) is 8.43. The van der Waals surface area contributed by atoms with Crippen LogP contribution in [0.4, 0.5) is 0 Å². The molecule has 2 atom stereocenters. The molecule has 0 radical (unpaired) electrons. The van der Waals surface area contributed by atoms with Gasteiger partial charge in [-0.1, -0.05) is 220 Å². The van der Waals surface area contributed by atoms with Crippen LogP contribution in [0, 0.1) is 11.8 Å². The van der Waals surface area contributed by atoms with Crippen molar-refractivity contribution in [3.63, 3.8) is 0 Å². The van der Waals surface area contributed by atoms with E-state index >= 15 is 0 Å². The van der Waals surface area contributed by atoms with Crippen molar-refractivity contribution in [2.24, 2.45) is 11.8 Å². The first-order valence-electron chi connectivity index (χ1n) is 24.4. The molecule has 0 N–H and O–H groups in total. The SMILES string of the molecule is CCCCCCCCCCCCCCCC(=O)OCC(COC(=O)CCCCCCCCCCCCCCC)OC(=O)CC(C)CCCCCCC(C)CC(=O)Cl. The van der Waals surface area contributed by atoms with Gasteiger partial charge in [0, 0.05) is 25.7 Å². The molecule has 8 heteroatoms. The molecule has 0 saturated carbocycles. The van der Waals surface area contributed by atoms with E-state index in [1.165, 1.54) is 128 Å². The van der Waals surface area contributed by atoms with E-state index in [0.29, 0.717) is 25.2 Å². The van der Waals surface area contributed by atoms with Gasteiger partial charge in [-0.3, -0.25) is 19.2 Å². The minimum atomic E-state index is -0.808. The molecule has 0 aliphatic heterocycles. The molecule has 0 saturated heterocycles. The van der Waals surface area contributed by atoms with Crippen LogP contribution in [0.2, 0.25) is 0 Å². The number of rotatable bonds is 44. The Morgan fingerprint density at radius 1 is 0.404 bits per heavy atom. The van der Waals surface area contributed by atoms with Crippen molar-refractivity contribution in [3.8, 4) is 0 Å². The summed E-state index contributed by atoms with van der Waals surface area (Å²) >= 11 is 5.50. The molecular weight excluding hydrogens is 736 g/mol. The summed E-state index contributed by atoms with van der Waals surface area (Å²) in [6.07, 6.45) is 39.1. The predicted octanol–water partition coefficient (Wildman–Crippen LogP) is 15.1. The molecule has 0 heterocycles. The van der Waals surface area contributed by atoms with Crippen LogP contribution in [0.1, 0.15) is 259 Å². The van der Waals surface area contributed by atoms with Crippen LogP contribution in [0.15, 0.2) is 0 Å². The lowest BCUT2D eigenvalue weighted by atomic mass is 9.97. The highest BCUT2D eigenvalue weighted by molar-refractivity contribution is 6.63. The normalized spacial score (nSPS) is 12.5. The van der Waals surface area contributed by atoms with Crippen LogP contribution in [0.3, 0.4) is 0 Å². The minimum absolute atomic E-state index is 0.100. The highest BCUT2D eigenvalue weighted by Gasteiger charge is 2.21. The molecule has 0 rings (SSSR count). The summed E-state index contributed by atoms with van der Waals surface area (Å²) in [6, 6.07) is 0. The lowest BCUT2D eigenvalue weighted by molar-refractivity contribution is -0.167. The van der Waals surface area contributed by atoms with E-state index in [4.69, 9.17) is 25.8 Å². The largest absolute Gasteiger partial charge is 0.462 e. The molecule has 2 unspecified atom stereocenters. The molecule has 0 aromatic carbocycles. The number of halogens is 1. The van der Waals surface area contributed by atoms with E-state index in [-0.39, 0.29) is 48.7 Å². The fraction of sp³-hybridized carbons (Fsp3) is 0.918. The minimum Gasteiger partial charge on any atom is -0.462 e. The van der Waals surface area contributed by atoms with E-state index in [2.05, 4.69) is 27.7 Å². The van der Waals surface area contributed by atoms with Crippen LogP contribution < -0.4 is 0 Å². The van der Waals surface area contributed by atoms with Gasteiger partial charge < -0.3 is 14.2 Å². The van der Waals surface area contributed by atoms with E-state index in [1.54, 1.807) is 0 Å². The molecule has 7 nitrogen and oxygen atoms in total. The first-order valence-corrected chi connectivity index (χ1v) is 24.7. The van der Waals surface area contributed by atoms with Crippen molar-refractivity contribution in [1.82, 2.24) is 0 Å². The lowest BCUT2D eigenvalue weighted by Gasteiger charge is -2.19. The Balaban J connectivity index is 4.47. The zero-order valence-corrected chi connectivity index (χ0v) is 38.6. The number of esters is 3. The number of carbonyl (C=O) groups is 4. The summed E-state index contributed by atoms with van der Waals surface area (Å²) in [5, 5.41) is -0.267. The lowest BCUT2D eigenvalue weighted by Crippen LogP contribution is -2.31. The zero-order chi connectivity index (χ0) is 42.0. The molecule has 0 amide bonds. The zero-order valence-electron chi connectivity index (χ0n) is 37.8. The van der Waals surface area contributed by atoms with Gasteiger partial charge in [0.15, 0.2) is 6.10 Å². The highest BCUT2D eigenvalue weighted by atomic mass is 35.5. The maximum atomic E-state index is 12.9. The number of unbranched alkanes of at least 4 members (excludes halogenated alkanes) is 27. The Bertz CT molecular complexity index is 895. The highest BCUT2D eigenvalue weighted by Crippen LogP contribution is 2.19. The first-order chi connectivity index (χ1) is 27.7. The van der Waals surface area contributed by atoms with Gasteiger partial charge in [0.05, 0.1) is 0 Å². The van der Waals surface area contributed by atoms with Gasteiger partial charge in [-0.15, -0.1) is 0 Å². The molecule has 336 valence electrons. The Labute approximate surface area is 357 Å². The third kappa shape index (κ3) is 42.3. The molecule has 0 aromatic heterocycles. The fourth-order valence-electron chi connectivity index (χ4n) is 7.54. The van der Waals surface area contributed by atoms with Crippen LogP contribution in [0.25, 0.3) is 0 Å². The summed E-state index contributed by atoms with van der Waals surface area (Å²) in [5.41, 5.74) is 0. The molecular formula is C49H91ClO7. The van der Waals surface area contributed by atoms with E-state index < -0.39 is 6.10 Å². The summed E-state index contributed by atoms with van der Waals surface area (Å²) in [7, 11) is 0. The smallest absolute Gasteiger partial charge is 0.306 e. The molecule has 0 aliphatic rings. The Morgan fingerprint density at radius 3 is 1.04 bits per heavy atom. The van der Waals surface area contributed by atoms with E-state index in [0.717, 1.165) is 77.0 Å². The van der Waals surface area contributed by atoms with E-state index in [1.807, 2.05) is 0 Å². The van der Waals surface area contributed by atoms with Crippen LogP contribution >= 0.6 is 11.6 Å². The average Bonchev–Trinajstić information content (AvgIpc) is 3.17. The van der Waals surface area contributed by atoms with Crippen molar-refractivity contribution >= 4 is 34.8 Å². The third-order valence-electron chi connectivity index (χ3n) is 11.3. The van der Waals surface area contributed by atoms with Gasteiger partial charge >= 0.3 is 17.9 Å². The Hall–Kier alpha value is -1.63. The fourth-order valence-corrected chi connectivity index (χ4v) is 7.81. The topological polar surface area (TPSA) is 96.0 Å². The quantitative estimate of drug-likeness (QED) is 0.0261. The summed E-state index contributed by atoms with van der Waals surface area (Å²) < 4.78 is 16.8. The molecule has 0 bridgehead atoms. The molecule has 57 heavy (non-hydrogen) atoms. The van der Waals surface area contributed by atoms with Crippen molar-refractivity contribution in [2.75, 3.05) is 13.2 Å². The van der Waals surface area contributed by atoms with Crippen LogP contribution in [-0.2, 0) is 33.4 Å². The first kappa shape index (κ1) is 55.4. The Morgan fingerprint density at radius 2 is 0.702 bits per heavy atom. The van der Waals surface area contributed by atoms with Crippen LogP contribution in [-0.4, -0.2) is 42.5 Å². The summed E-state index contributed by atoms with van der Waals surface area (Å²) in [5.74, 6) is -0.480. The average molecular weight is 828 g/mol. The van der Waals surface area contributed by atoms with Gasteiger partial charge in [-0.2, -0.15) is 0 Å². The van der Waals surface area contributed by atoms with Crippen molar-refractivity contribution < 1.29 is 33.4 Å². The summed E-state index contributed by atoms with van der Waals surface area (Å²) in [4.78, 5) is 49.2. The number of hydrogen-bond acceptors (Lipinski definition) is 7. The van der Waals surface area contributed by atoms with Gasteiger partial charge in [0.25, 0.3) is 0 Å². The van der Waals surface area contributed by atoms with Gasteiger partial charge in [-0.05, 0) is 36.3 Å². The second kappa shape index (κ2) is 42.5. The van der Waals surface area contributed by atoms with Gasteiger partial charge in [-0.25, -0.2) is 0 Å². The Kier molecular flexibility index (Phi) is 41.3. The van der Waals surface area contributed by atoms with Gasteiger partial charge in [0.1, 0.15) is 13.2 Å². The van der Waals surface area contributed by atoms with Crippen molar-refractivity contribution in [3.05, 3.63) is 0 Å². The van der Waals surface area contributed by atoms with E-state index in [9.17, 15) is 19.2 Å². The molecule has 0 fully saturated rings.